The number of halogens is 2. The molecule has 208 valence electrons. The van der Waals surface area contributed by atoms with E-state index in [0.29, 0.717) is 34.1 Å². The van der Waals surface area contributed by atoms with Crippen molar-refractivity contribution in [3.05, 3.63) is 94.0 Å². The van der Waals surface area contributed by atoms with Crippen LogP contribution >= 0.6 is 23.2 Å². The average Bonchev–Trinajstić information content (AvgIpc) is 2.93. The second-order valence-corrected chi connectivity index (χ2v) is 11.7. The number of rotatable bonds is 12. The van der Waals surface area contributed by atoms with Gasteiger partial charge in [-0.2, -0.15) is 0 Å². The first-order chi connectivity index (χ1) is 18.6. The summed E-state index contributed by atoms with van der Waals surface area (Å²) >= 11 is 12.8. The van der Waals surface area contributed by atoms with Crippen molar-refractivity contribution in [1.82, 2.24) is 10.2 Å². The molecule has 3 rings (SSSR count). The van der Waals surface area contributed by atoms with Gasteiger partial charge in [0.2, 0.25) is 11.8 Å². The fourth-order valence-electron chi connectivity index (χ4n) is 4.19. The Morgan fingerprint density at radius 3 is 2.18 bits per heavy atom. The zero-order valence-corrected chi connectivity index (χ0v) is 24.6. The number of carbonyl (C=O) groups is 2. The Morgan fingerprint density at radius 1 is 0.897 bits per heavy atom. The molecule has 3 aromatic carbocycles. The molecule has 0 spiro atoms. The summed E-state index contributed by atoms with van der Waals surface area (Å²) in [4.78, 5) is 28.6. The molecule has 1 N–H and O–H groups in total. The summed E-state index contributed by atoms with van der Waals surface area (Å²) in [6.07, 6.45) is 1.06. The Bertz CT molecular complexity index is 1400. The van der Waals surface area contributed by atoms with Gasteiger partial charge in [0.05, 0.1) is 10.6 Å². The van der Waals surface area contributed by atoms with Crippen molar-refractivity contribution in [2.75, 3.05) is 17.4 Å². The van der Waals surface area contributed by atoms with Crippen molar-refractivity contribution in [3.8, 4) is 0 Å². The molecule has 1 atom stereocenters. The van der Waals surface area contributed by atoms with Crippen LogP contribution in [-0.2, 0) is 26.2 Å². The van der Waals surface area contributed by atoms with Crippen LogP contribution < -0.4 is 9.62 Å². The van der Waals surface area contributed by atoms with Gasteiger partial charge in [0.1, 0.15) is 12.6 Å². The predicted molar refractivity (Wildman–Crippen MR) is 157 cm³/mol. The molecule has 2 amide bonds. The van der Waals surface area contributed by atoms with Crippen LogP contribution in [0.5, 0.6) is 0 Å². The van der Waals surface area contributed by atoms with E-state index in [1.165, 1.54) is 17.0 Å². The maximum absolute atomic E-state index is 14.1. The van der Waals surface area contributed by atoms with Crippen LogP contribution in [0.2, 0.25) is 10.0 Å². The average molecular weight is 591 g/mol. The first-order valence-electron chi connectivity index (χ1n) is 12.7. The Balaban J connectivity index is 2.09. The molecule has 7 nitrogen and oxygen atoms in total. The van der Waals surface area contributed by atoms with Gasteiger partial charge in [-0.05, 0) is 61.2 Å². The van der Waals surface area contributed by atoms with Crippen LogP contribution in [0.4, 0.5) is 5.69 Å². The monoisotopic (exact) mass is 589 g/mol. The number of sulfonamides is 1. The molecule has 10 heteroatoms. The number of amides is 2. The fourth-order valence-corrected chi connectivity index (χ4v) is 6.05. The third-order valence-electron chi connectivity index (χ3n) is 6.35. The molecule has 0 aliphatic heterocycles. The lowest BCUT2D eigenvalue weighted by Crippen LogP contribution is -2.52. The Kier molecular flexibility index (Phi) is 10.8. The third-order valence-corrected chi connectivity index (χ3v) is 8.90. The number of nitrogens with one attached hydrogen (secondary N) is 1. The molecular formula is C29H33Cl2N3O4S. The number of anilines is 1. The van der Waals surface area contributed by atoms with Crippen LogP contribution in [0.1, 0.15) is 37.8 Å². The molecule has 0 saturated carbocycles. The van der Waals surface area contributed by atoms with E-state index in [2.05, 4.69) is 5.32 Å². The zero-order chi connectivity index (χ0) is 28.6. The molecule has 39 heavy (non-hydrogen) atoms. The number of nitrogens with zero attached hydrogens (tertiary/aromatic N) is 2. The Labute approximate surface area is 240 Å². The second kappa shape index (κ2) is 13.8. The maximum Gasteiger partial charge on any atom is 0.264 e. The highest BCUT2D eigenvalue weighted by atomic mass is 35.5. The topological polar surface area (TPSA) is 86.8 Å². The SMILES string of the molecule is CCCNC(=O)C(CC)N(Cc1ccccc1Cl)C(=O)CN(c1cccc(Cl)c1C)S(=O)(=O)c1ccccc1. The highest BCUT2D eigenvalue weighted by molar-refractivity contribution is 7.92. The van der Waals surface area contributed by atoms with Crippen molar-refractivity contribution in [2.45, 2.75) is 51.1 Å². The number of carbonyl (C=O) groups excluding carboxylic acids is 2. The first-order valence-corrected chi connectivity index (χ1v) is 14.9. The summed E-state index contributed by atoms with van der Waals surface area (Å²) in [6, 6.07) is 19.0. The number of hydrogen-bond acceptors (Lipinski definition) is 4. The Hall–Kier alpha value is -3.07. The van der Waals surface area contributed by atoms with Crippen molar-refractivity contribution >= 4 is 50.7 Å². The molecule has 1 unspecified atom stereocenters. The van der Waals surface area contributed by atoms with E-state index in [4.69, 9.17) is 23.2 Å². The number of hydrogen-bond donors (Lipinski definition) is 1. The highest BCUT2D eigenvalue weighted by Crippen LogP contribution is 2.31. The van der Waals surface area contributed by atoms with Crippen molar-refractivity contribution in [2.24, 2.45) is 0 Å². The van der Waals surface area contributed by atoms with E-state index in [0.717, 1.165) is 10.7 Å². The van der Waals surface area contributed by atoms with E-state index in [1.807, 2.05) is 13.8 Å². The van der Waals surface area contributed by atoms with Gasteiger partial charge in [0.15, 0.2) is 0 Å². The number of benzene rings is 3. The lowest BCUT2D eigenvalue weighted by molar-refractivity contribution is -0.140. The van der Waals surface area contributed by atoms with Gasteiger partial charge in [-0.3, -0.25) is 13.9 Å². The van der Waals surface area contributed by atoms with E-state index < -0.39 is 28.5 Å². The minimum atomic E-state index is -4.17. The molecule has 0 fully saturated rings. The van der Waals surface area contributed by atoms with Crippen LogP contribution in [-0.4, -0.2) is 44.3 Å². The van der Waals surface area contributed by atoms with Gasteiger partial charge in [0, 0.05) is 23.1 Å². The first kappa shape index (κ1) is 30.5. The summed E-state index contributed by atoms with van der Waals surface area (Å²) in [6.45, 7) is 5.39. The molecular weight excluding hydrogens is 557 g/mol. The summed E-state index contributed by atoms with van der Waals surface area (Å²) in [7, 11) is -4.17. The van der Waals surface area contributed by atoms with Crippen LogP contribution in [0, 0.1) is 6.92 Å². The van der Waals surface area contributed by atoms with Gasteiger partial charge in [0.25, 0.3) is 10.0 Å². The van der Waals surface area contributed by atoms with E-state index in [-0.39, 0.29) is 23.0 Å². The largest absolute Gasteiger partial charge is 0.354 e. The standard InChI is InChI=1S/C29H33Cl2N3O4S/c1-4-18-32-29(36)26(5-2)33(19-22-12-9-10-15-25(22)31)28(35)20-34(27-17-11-16-24(30)21(27)3)39(37,38)23-13-7-6-8-14-23/h6-17,26H,4-5,18-20H2,1-3H3,(H,32,36). The molecule has 0 radical (unpaired) electrons. The summed E-state index contributed by atoms with van der Waals surface area (Å²) in [5.74, 6) is -0.858. The van der Waals surface area contributed by atoms with Gasteiger partial charge >= 0.3 is 0 Å². The molecule has 0 saturated heterocycles. The highest BCUT2D eigenvalue weighted by Gasteiger charge is 2.34. The minimum Gasteiger partial charge on any atom is -0.354 e. The molecule has 0 aromatic heterocycles. The summed E-state index contributed by atoms with van der Waals surface area (Å²) < 4.78 is 28.8. The summed E-state index contributed by atoms with van der Waals surface area (Å²) in [5.41, 5.74) is 1.43. The minimum absolute atomic E-state index is 0.0301. The molecule has 3 aromatic rings. The van der Waals surface area contributed by atoms with E-state index in [9.17, 15) is 18.0 Å². The molecule has 0 bridgehead atoms. The van der Waals surface area contributed by atoms with Crippen molar-refractivity contribution in [3.63, 3.8) is 0 Å². The predicted octanol–water partition coefficient (Wildman–Crippen LogP) is 5.83. The van der Waals surface area contributed by atoms with Crippen LogP contribution in [0.25, 0.3) is 0 Å². The molecule has 0 heterocycles. The van der Waals surface area contributed by atoms with E-state index >= 15 is 0 Å². The fraction of sp³-hybridized carbons (Fsp3) is 0.310. The van der Waals surface area contributed by atoms with Gasteiger partial charge in [-0.1, -0.05) is 79.5 Å². The van der Waals surface area contributed by atoms with Crippen LogP contribution in [0.15, 0.2) is 77.7 Å². The van der Waals surface area contributed by atoms with Crippen molar-refractivity contribution < 1.29 is 18.0 Å². The van der Waals surface area contributed by atoms with Gasteiger partial charge in [-0.15, -0.1) is 0 Å². The van der Waals surface area contributed by atoms with E-state index in [1.54, 1.807) is 67.6 Å². The lowest BCUT2D eigenvalue weighted by atomic mass is 10.1. The maximum atomic E-state index is 14.1. The van der Waals surface area contributed by atoms with Crippen LogP contribution in [0.3, 0.4) is 0 Å². The summed E-state index contributed by atoms with van der Waals surface area (Å²) in [5, 5.41) is 3.67. The Morgan fingerprint density at radius 2 is 1.54 bits per heavy atom. The molecule has 0 aliphatic rings. The van der Waals surface area contributed by atoms with Gasteiger partial charge in [-0.25, -0.2) is 8.42 Å². The zero-order valence-electron chi connectivity index (χ0n) is 22.2. The quantitative estimate of drug-likeness (QED) is 0.288. The van der Waals surface area contributed by atoms with Gasteiger partial charge < -0.3 is 10.2 Å². The third kappa shape index (κ3) is 7.32. The smallest absolute Gasteiger partial charge is 0.264 e. The van der Waals surface area contributed by atoms with Crippen molar-refractivity contribution in [1.29, 1.82) is 0 Å². The second-order valence-electron chi connectivity index (χ2n) is 9.04. The normalized spacial score (nSPS) is 12.0. The molecule has 0 aliphatic carbocycles. The lowest BCUT2D eigenvalue weighted by Gasteiger charge is -2.33.